The Morgan fingerprint density at radius 1 is 1.24 bits per heavy atom. The van der Waals surface area contributed by atoms with Crippen molar-refractivity contribution >= 4 is 44.0 Å². The van der Waals surface area contributed by atoms with Crippen LogP contribution in [-0.4, -0.2) is 20.1 Å². The molecule has 0 radical (unpaired) electrons. The zero-order valence-electron chi connectivity index (χ0n) is 14.4. The Morgan fingerprint density at radius 3 is 2.68 bits per heavy atom. The highest BCUT2D eigenvalue weighted by molar-refractivity contribution is 7.15. The van der Waals surface area contributed by atoms with Crippen LogP contribution in [0.5, 0.6) is 0 Å². The first-order valence-corrected chi connectivity index (χ1v) is 9.66. The lowest BCUT2D eigenvalue weighted by atomic mass is 9.98. The van der Waals surface area contributed by atoms with Crippen LogP contribution < -0.4 is 10.9 Å². The number of fused-ring (bicyclic) bond motifs is 1. The average molecular weight is 377 g/mol. The van der Waals surface area contributed by atoms with Crippen molar-refractivity contribution in [2.45, 2.75) is 45.6 Å². The van der Waals surface area contributed by atoms with Gasteiger partial charge < -0.3 is 5.32 Å². The molecule has 25 heavy (non-hydrogen) atoms. The Bertz CT molecular complexity index is 949. The maximum absolute atomic E-state index is 12.2. The zero-order chi connectivity index (χ0) is 18.0. The molecule has 6 nitrogen and oxygen atoms in total. The highest BCUT2D eigenvalue weighted by Crippen LogP contribution is 2.27. The number of anilines is 1. The van der Waals surface area contributed by atoms with Crippen molar-refractivity contribution < 1.29 is 4.79 Å². The monoisotopic (exact) mass is 376 g/mol. The minimum absolute atomic E-state index is 0.0138. The largest absolute Gasteiger partial charge is 0.301 e. The van der Waals surface area contributed by atoms with E-state index >= 15 is 0 Å². The number of carbonyl (C=O) groups is 1. The fraction of sp³-hybridized carbons (Fsp3) is 0.412. The molecule has 0 bridgehead atoms. The van der Waals surface area contributed by atoms with Crippen molar-refractivity contribution in [2.24, 2.45) is 0 Å². The lowest BCUT2D eigenvalue weighted by Gasteiger charge is -2.12. The highest BCUT2D eigenvalue weighted by Gasteiger charge is 2.20. The van der Waals surface area contributed by atoms with Gasteiger partial charge in [0.15, 0.2) is 0 Å². The molecule has 2 aromatic heterocycles. The van der Waals surface area contributed by atoms with Crippen LogP contribution in [-0.2, 0) is 16.8 Å². The van der Waals surface area contributed by atoms with Gasteiger partial charge in [0.2, 0.25) is 11.0 Å². The normalized spacial score (nSPS) is 11.8. The summed E-state index contributed by atoms with van der Waals surface area (Å²) in [7, 11) is 0. The van der Waals surface area contributed by atoms with Gasteiger partial charge in [0.25, 0.3) is 5.56 Å². The summed E-state index contributed by atoms with van der Waals surface area (Å²) >= 11 is 2.83. The molecule has 0 atom stereocenters. The van der Waals surface area contributed by atoms with Crippen LogP contribution in [0.3, 0.4) is 0 Å². The third kappa shape index (κ3) is 4.13. The molecule has 1 N–H and O–H groups in total. The molecule has 2 heterocycles. The van der Waals surface area contributed by atoms with Gasteiger partial charge in [-0.25, -0.2) is 0 Å². The fourth-order valence-electron chi connectivity index (χ4n) is 2.31. The van der Waals surface area contributed by atoms with Gasteiger partial charge in [-0.2, -0.15) is 0 Å². The molecule has 8 heteroatoms. The summed E-state index contributed by atoms with van der Waals surface area (Å²) in [6.07, 6.45) is 0.939. The van der Waals surface area contributed by atoms with Crippen LogP contribution in [0, 0.1) is 0 Å². The van der Waals surface area contributed by atoms with Crippen LogP contribution in [0.2, 0.25) is 0 Å². The van der Waals surface area contributed by atoms with Gasteiger partial charge in [-0.3, -0.25) is 13.5 Å². The summed E-state index contributed by atoms with van der Waals surface area (Å²) in [6, 6.07) is 7.55. The van der Waals surface area contributed by atoms with E-state index in [1.165, 1.54) is 22.9 Å². The molecular weight excluding hydrogens is 356 g/mol. The van der Waals surface area contributed by atoms with E-state index in [-0.39, 0.29) is 16.9 Å². The van der Waals surface area contributed by atoms with Crippen LogP contribution in [0.15, 0.2) is 29.1 Å². The number of rotatable bonds is 5. The second-order valence-electron chi connectivity index (χ2n) is 6.81. The fourth-order valence-corrected chi connectivity index (χ4v) is 4.16. The summed E-state index contributed by atoms with van der Waals surface area (Å²) in [5.74, 6) is -0.106. The van der Waals surface area contributed by atoms with Gasteiger partial charge in [0.05, 0.1) is 10.1 Å². The van der Waals surface area contributed by atoms with Crippen molar-refractivity contribution in [2.75, 3.05) is 5.32 Å². The minimum Gasteiger partial charge on any atom is -0.301 e. The Labute approximate surface area is 153 Å². The van der Waals surface area contributed by atoms with Crippen LogP contribution in [0.25, 0.3) is 10.1 Å². The Kier molecular flexibility index (Phi) is 5.01. The lowest BCUT2D eigenvalue weighted by Crippen LogP contribution is -2.16. The lowest BCUT2D eigenvalue weighted by molar-refractivity contribution is -0.116. The van der Waals surface area contributed by atoms with E-state index in [1.807, 2.05) is 24.3 Å². The molecule has 1 aromatic carbocycles. The van der Waals surface area contributed by atoms with Crippen LogP contribution >= 0.6 is 22.9 Å². The molecule has 1 amide bonds. The van der Waals surface area contributed by atoms with Crippen molar-refractivity contribution in [1.82, 2.24) is 14.2 Å². The summed E-state index contributed by atoms with van der Waals surface area (Å²) in [6.45, 7) is 6.71. The van der Waals surface area contributed by atoms with Crippen LogP contribution in [0.4, 0.5) is 5.13 Å². The quantitative estimate of drug-likeness (QED) is 0.738. The van der Waals surface area contributed by atoms with E-state index in [0.29, 0.717) is 24.5 Å². The number of hydrogen-bond acceptors (Lipinski definition) is 6. The van der Waals surface area contributed by atoms with Crippen molar-refractivity contribution in [3.05, 3.63) is 39.6 Å². The number of nitrogens with one attached hydrogen (secondary N) is 1. The molecule has 0 spiro atoms. The maximum Gasteiger partial charge on any atom is 0.268 e. The third-order valence-corrected chi connectivity index (χ3v) is 6.02. The predicted molar refractivity (Wildman–Crippen MR) is 103 cm³/mol. The van der Waals surface area contributed by atoms with Crippen molar-refractivity contribution in [1.29, 1.82) is 0 Å². The van der Waals surface area contributed by atoms with Gasteiger partial charge >= 0.3 is 0 Å². The first-order chi connectivity index (χ1) is 11.8. The number of nitrogens with zero attached hydrogens (tertiary/aromatic N) is 3. The second-order valence-corrected chi connectivity index (χ2v) is 8.85. The smallest absolute Gasteiger partial charge is 0.268 e. The van der Waals surface area contributed by atoms with Gasteiger partial charge in [0, 0.05) is 18.4 Å². The molecule has 0 aliphatic rings. The number of carbonyl (C=O) groups excluding carboxylic acids is 1. The topological polar surface area (TPSA) is 76.9 Å². The third-order valence-electron chi connectivity index (χ3n) is 3.63. The summed E-state index contributed by atoms with van der Waals surface area (Å²) in [5.41, 5.74) is -0.0665. The number of hydrogen-bond donors (Lipinski definition) is 1. The number of aryl methyl sites for hydroxylation is 1. The maximum atomic E-state index is 12.2. The molecule has 0 saturated carbocycles. The number of amides is 1. The molecule has 0 fully saturated rings. The van der Waals surface area contributed by atoms with E-state index in [9.17, 15) is 9.59 Å². The Morgan fingerprint density at radius 2 is 2.00 bits per heavy atom. The average Bonchev–Trinajstić information content (AvgIpc) is 3.13. The van der Waals surface area contributed by atoms with Crippen molar-refractivity contribution in [3.8, 4) is 0 Å². The van der Waals surface area contributed by atoms with Gasteiger partial charge in [-0.05, 0) is 18.6 Å². The number of benzene rings is 1. The molecule has 0 aliphatic carbocycles. The van der Waals surface area contributed by atoms with E-state index in [0.717, 1.165) is 15.1 Å². The van der Waals surface area contributed by atoms with Gasteiger partial charge in [-0.1, -0.05) is 55.8 Å². The first-order valence-electron chi connectivity index (χ1n) is 8.07. The minimum atomic E-state index is -0.106. The molecule has 3 aromatic rings. The first kappa shape index (κ1) is 17.8. The molecule has 132 valence electrons. The van der Waals surface area contributed by atoms with Gasteiger partial charge in [0.1, 0.15) is 5.01 Å². The van der Waals surface area contributed by atoms with Crippen molar-refractivity contribution in [3.63, 3.8) is 0 Å². The SMILES string of the molecule is CC(C)(C)c1nnc(NC(=O)CCCn2sc3ccccc3c2=O)s1. The zero-order valence-corrected chi connectivity index (χ0v) is 16.0. The molecule has 0 unspecified atom stereocenters. The van der Waals surface area contributed by atoms with Crippen LogP contribution in [0.1, 0.15) is 38.6 Å². The Balaban J connectivity index is 1.55. The Hall–Kier alpha value is -2.06. The second kappa shape index (κ2) is 7.05. The highest BCUT2D eigenvalue weighted by atomic mass is 32.1. The molecule has 3 rings (SSSR count). The molecular formula is C17H20N4O2S2. The van der Waals surface area contributed by atoms with E-state index in [1.54, 1.807) is 3.96 Å². The standard InChI is InChI=1S/C17H20N4O2S2/c1-17(2,3)15-19-20-16(24-15)18-13(22)9-6-10-21-14(23)11-7-4-5-8-12(11)25-21/h4-5,7-8H,6,9-10H2,1-3H3,(H,18,20,22). The summed E-state index contributed by atoms with van der Waals surface area (Å²) < 4.78 is 2.68. The van der Waals surface area contributed by atoms with Gasteiger partial charge in [-0.15, -0.1) is 10.2 Å². The molecule has 0 saturated heterocycles. The predicted octanol–water partition coefficient (Wildman–Crippen LogP) is 3.63. The van der Waals surface area contributed by atoms with E-state index in [4.69, 9.17) is 0 Å². The number of aromatic nitrogens is 3. The van der Waals surface area contributed by atoms with E-state index < -0.39 is 0 Å². The summed E-state index contributed by atoms with van der Waals surface area (Å²) in [5, 5.41) is 13.1. The van der Waals surface area contributed by atoms with E-state index in [2.05, 4.69) is 36.3 Å². The summed E-state index contributed by atoms with van der Waals surface area (Å²) in [4.78, 5) is 24.3. The molecule has 0 aliphatic heterocycles.